The van der Waals surface area contributed by atoms with Gasteiger partial charge in [-0.15, -0.1) is 0 Å². The standard InChI is InChI=1S/C14H22BrFN2O/c1-10(2)19-7-6-18(3)14(9-17)12-5-4-11(15)8-13(12)16/h4-5,8,10,14H,6-7,9,17H2,1-3H3. The van der Waals surface area contributed by atoms with Gasteiger partial charge in [0.1, 0.15) is 5.82 Å². The fourth-order valence-electron chi connectivity index (χ4n) is 1.90. The lowest BCUT2D eigenvalue weighted by atomic mass is 10.1. The van der Waals surface area contributed by atoms with Crippen molar-refractivity contribution in [1.82, 2.24) is 4.90 Å². The summed E-state index contributed by atoms with van der Waals surface area (Å²) in [6, 6.07) is 4.94. The molecule has 0 aromatic heterocycles. The second-order valence-electron chi connectivity index (χ2n) is 4.82. The smallest absolute Gasteiger partial charge is 0.129 e. The molecule has 0 fully saturated rings. The third kappa shape index (κ3) is 5.18. The summed E-state index contributed by atoms with van der Waals surface area (Å²) < 4.78 is 20.2. The molecule has 0 amide bonds. The van der Waals surface area contributed by atoms with Crippen LogP contribution in [0.3, 0.4) is 0 Å². The lowest BCUT2D eigenvalue weighted by Gasteiger charge is -2.28. The maximum Gasteiger partial charge on any atom is 0.129 e. The van der Waals surface area contributed by atoms with Crippen molar-refractivity contribution in [3.63, 3.8) is 0 Å². The first kappa shape index (κ1) is 16.6. The van der Waals surface area contributed by atoms with Crippen molar-refractivity contribution in [2.24, 2.45) is 5.73 Å². The Hall–Kier alpha value is -0.490. The van der Waals surface area contributed by atoms with E-state index in [1.54, 1.807) is 6.07 Å². The maximum atomic E-state index is 14.0. The SMILES string of the molecule is CC(C)OCCN(C)C(CN)c1ccc(Br)cc1F. The molecule has 2 N–H and O–H groups in total. The van der Waals surface area contributed by atoms with E-state index >= 15 is 0 Å². The molecule has 0 aliphatic heterocycles. The molecule has 0 aliphatic carbocycles. The van der Waals surface area contributed by atoms with Gasteiger partial charge in [0.15, 0.2) is 0 Å². The fraction of sp³-hybridized carbons (Fsp3) is 0.571. The number of nitrogens with two attached hydrogens (primary N) is 1. The van der Waals surface area contributed by atoms with Crippen molar-refractivity contribution >= 4 is 15.9 Å². The molecule has 0 aliphatic rings. The van der Waals surface area contributed by atoms with Gasteiger partial charge in [-0.25, -0.2) is 4.39 Å². The Morgan fingerprint density at radius 2 is 2.11 bits per heavy atom. The molecule has 0 heterocycles. The normalized spacial score (nSPS) is 13.3. The Labute approximate surface area is 123 Å². The molecular formula is C14H22BrFN2O. The lowest BCUT2D eigenvalue weighted by molar-refractivity contribution is 0.0561. The maximum absolute atomic E-state index is 14.0. The molecule has 1 rings (SSSR count). The Bertz CT molecular complexity index is 401. The predicted octanol–water partition coefficient (Wildman–Crippen LogP) is 2.94. The summed E-state index contributed by atoms with van der Waals surface area (Å²) in [5, 5.41) is 0. The molecule has 5 heteroatoms. The summed E-state index contributed by atoms with van der Waals surface area (Å²) in [6.07, 6.45) is 0.203. The van der Waals surface area contributed by atoms with E-state index in [1.807, 2.05) is 31.9 Å². The largest absolute Gasteiger partial charge is 0.377 e. The summed E-state index contributed by atoms with van der Waals surface area (Å²) >= 11 is 3.26. The first-order chi connectivity index (χ1) is 8.95. The third-order valence-corrected chi connectivity index (χ3v) is 3.47. The number of halogens is 2. The number of rotatable bonds is 7. The van der Waals surface area contributed by atoms with Gasteiger partial charge in [0.25, 0.3) is 0 Å². The van der Waals surface area contributed by atoms with Gasteiger partial charge in [-0.1, -0.05) is 22.0 Å². The zero-order chi connectivity index (χ0) is 14.4. The minimum atomic E-state index is -0.235. The predicted molar refractivity (Wildman–Crippen MR) is 79.6 cm³/mol. The number of nitrogens with zero attached hydrogens (tertiary/aromatic N) is 1. The second kappa shape index (κ2) is 7.94. The molecule has 0 radical (unpaired) electrons. The zero-order valence-electron chi connectivity index (χ0n) is 11.7. The molecular weight excluding hydrogens is 311 g/mol. The number of hydrogen-bond acceptors (Lipinski definition) is 3. The third-order valence-electron chi connectivity index (χ3n) is 2.97. The highest BCUT2D eigenvalue weighted by Crippen LogP contribution is 2.24. The average Bonchev–Trinajstić information content (AvgIpc) is 2.32. The van der Waals surface area contributed by atoms with Crippen LogP contribution in [0.2, 0.25) is 0 Å². The first-order valence-corrected chi connectivity index (χ1v) is 7.21. The minimum absolute atomic E-state index is 0.135. The van der Waals surface area contributed by atoms with Gasteiger partial charge >= 0.3 is 0 Å². The Morgan fingerprint density at radius 3 is 2.63 bits per heavy atom. The van der Waals surface area contributed by atoms with Crippen molar-refractivity contribution < 1.29 is 9.13 Å². The number of ether oxygens (including phenoxy) is 1. The van der Waals surface area contributed by atoms with E-state index < -0.39 is 0 Å². The highest BCUT2D eigenvalue weighted by Gasteiger charge is 2.19. The molecule has 0 spiro atoms. The van der Waals surface area contributed by atoms with Crippen LogP contribution < -0.4 is 5.73 Å². The number of likely N-dealkylation sites (N-methyl/N-ethyl adjacent to an activating group) is 1. The van der Waals surface area contributed by atoms with E-state index in [4.69, 9.17) is 10.5 Å². The molecule has 1 atom stereocenters. The number of benzene rings is 1. The van der Waals surface area contributed by atoms with Crippen LogP contribution in [-0.2, 0) is 4.74 Å². The zero-order valence-corrected chi connectivity index (χ0v) is 13.3. The fourth-order valence-corrected chi connectivity index (χ4v) is 2.24. The monoisotopic (exact) mass is 332 g/mol. The van der Waals surface area contributed by atoms with Crippen LogP contribution in [0.25, 0.3) is 0 Å². The van der Waals surface area contributed by atoms with Gasteiger partial charge in [0.2, 0.25) is 0 Å². The van der Waals surface area contributed by atoms with Crippen LogP contribution >= 0.6 is 15.9 Å². The summed E-state index contributed by atoms with van der Waals surface area (Å²) in [5.74, 6) is -0.235. The van der Waals surface area contributed by atoms with E-state index in [-0.39, 0.29) is 18.0 Å². The molecule has 1 aromatic rings. The van der Waals surface area contributed by atoms with E-state index in [0.717, 1.165) is 11.0 Å². The van der Waals surface area contributed by atoms with Crippen LogP contribution in [0.15, 0.2) is 22.7 Å². The van der Waals surface area contributed by atoms with Crippen LogP contribution in [0.5, 0.6) is 0 Å². The summed E-state index contributed by atoms with van der Waals surface area (Å²) in [4.78, 5) is 2.02. The Balaban J connectivity index is 2.70. The number of hydrogen-bond donors (Lipinski definition) is 1. The highest BCUT2D eigenvalue weighted by molar-refractivity contribution is 9.10. The van der Waals surface area contributed by atoms with E-state index in [9.17, 15) is 4.39 Å². The summed E-state index contributed by atoms with van der Waals surface area (Å²) in [5.41, 5.74) is 6.41. The van der Waals surface area contributed by atoms with Crippen molar-refractivity contribution in [3.8, 4) is 0 Å². The van der Waals surface area contributed by atoms with Gasteiger partial charge in [-0.3, -0.25) is 4.90 Å². The van der Waals surface area contributed by atoms with E-state index in [0.29, 0.717) is 18.7 Å². The molecule has 0 bridgehead atoms. The lowest BCUT2D eigenvalue weighted by Crippen LogP contribution is -2.34. The quantitative estimate of drug-likeness (QED) is 0.834. The molecule has 1 aromatic carbocycles. The topological polar surface area (TPSA) is 38.5 Å². The van der Waals surface area contributed by atoms with Gasteiger partial charge < -0.3 is 10.5 Å². The van der Waals surface area contributed by atoms with Crippen molar-refractivity contribution in [2.75, 3.05) is 26.7 Å². The van der Waals surface area contributed by atoms with E-state index in [2.05, 4.69) is 15.9 Å². The molecule has 108 valence electrons. The molecule has 3 nitrogen and oxygen atoms in total. The van der Waals surface area contributed by atoms with Gasteiger partial charge in [0.05, 0.1) is 12.7 Å². The molecule has 0 saturated carbocycles. The van der Waals surface area contributed by atoms with Gasteiger partial charge in [-0.2, -0.15) is 0 Å². The van der Waals surface area contributed by atoms with Crippen molar-refractivity contribution in [3.05, 3.63) is 34.1 Å². The first-order valence-electron chi connectivity index (χ1n) is 6.42. The summed E-state index contributed by atoms with van der Waals surface area (Å²) in [6.45, 7) is 5.69. The average molecular weight is 333 g/mol. The van der Waals surface area contributed by atoms with Crippen LogP contribution in [-0.4, -0.2) is 37.7 Å². The van der Waals surface area contributed by atoms with Crippen LogP contribution in [0.4, 0.5) is 4.39 Å². The molecule has 1 unspecified atom stereocenters. The Morgan fingerprint density at radius 1 is 1.42 bits per heavy atom. The van der Waals surface area contributed by atoms with E-state index in [1.165, 1.54) is 6.07 Å². The van der Waals surface area contributed by atoms with Gasteiger partial charge in [0, 0.05) is 29.2 Å². The van der Waals surface area contributed by atoms with Crippen LogP contribution in [0.1, 0.15) is 25.5 Å². The van der Waals surface area contributed by atoms with Crippen molar-refractivity contribution in [2.45, 2.75) is 26.0 Å². The van der Waals surface area contributed by atoms with Crippen molar-refractivity contribution in [1.29, 1.82) is 0 Å². The second-order valence-corrected chi connectivity index (χ2v) is 5.73. The Kier molecular flexibility index (Phi) is 6.93. The van der Waals surface area contributed by atoms with Crippen LogP contribution in [0, 0.1) is 5.82 Å². The molecule has 0 saturated heterocycles. The summed E-state index contributed by atoms with van der Waals surface area (Å²) in [7, 11) is 1.93. The highest BCUT2D eigenvalue weighted by atomic mass is 79.9. The minimum Gasteiger partial charge on any atom is -0.377 e. The van der Waals surface area contributed by atoms with Gasteiger partial charge in [-0.05, 0) is 33.0 Å². The molecule has 19 heavy (non-hydrogen) atoms.